The number of nitrogens with zero attached hydrogens (tertiary/aromatic N) is 2. The van der Waals surface area contributed by atoms with Crippen molar-refractivity contribution in [3.8, 4) is 0 Å². The van der Waals surface area contributed by atoms with Crippen LogP contribution in [0.25, 0.3) is 0 Å². The summed E-state index contributed by atoms with van der Waals surface area (Å²) in [7, 11) is 0. The maximum absolute atomic E-state index is 12.7. The molecule has 0 saturated heterocycles. The topological polar surface area (TPSA) is 43.8 Å². The van der Waals surface area contributed by atoms with E-state index in [1.54, 1.807) is 12.1 Å². The van der Waals surface area contributed by atoms with Gasteiger partial charge in [-0.3, -0.25) is 4.68 Å². The number of thiophene rings is 1. The van der Waals surface area contributed by atoms with E-state index in [9.17, 15) is 13.2 Å². The van der Waals surface area contributed by atoms with Crippen LogP contribution in [-0.4, -0.2) is 15.8 Å². The Morgan fingerprint density at radius 2 is 2.15 bits per heavy atom. The molecule has 0 saturated carbocycles. The third kappa shape index (κ3) is 3.16. The van der Waals surface area contributed by atoms with Gasteiger partial charge in [0.1, 0.15) is 6.04 Å². The SMILES string of the molecule is CCC(N)C(c1ccc(Cl)s1)n1cc(C(F)(F)F)cn1. The molecule has 0 bridgehead atoms. The minimum Gasteiger partial charge on any atom is -0.326 e. The monoisotopic (exact) mass is 323 g/mol. The lowest BCUT2D eigenvalue weighted by molar-refractivity contribution is -0.137. The molecule has 2 unspecified atom stereocenters. The van der Waals surface area contributed by atoms with E-state index in [2.05, 4.69) is 5.10 Å². The molecule has 0 amide bonds. The summed E-state index contributed by atoms with van der Waals surface area (Å²) in [5.74, 6) is 0. The number of alkyl halides is 3. The fraction of sp³-hybridized carbons (Fsp3) is 0.417. The summed E-state index contributed by atoms with van der Waals surface area (Å²) >= 11 is 7.18. The molecule has 8 heteroatoms. The van der Waals surface area contributed by atoms with Gasteiger partial charge in [-0.2, -0.15) is 18.3 Å². The number of nitrogens with two attached hydrogens (primary N) is 1. The van der Waals surface area contributed by atoms with E-state index >= 15 is 0 Å². The number of hydrogen-bond acceptors (Lipinski definition) is 3. The van der Waals surface area contributed by atoms with E-state index in [0.29, 0.717) is 10.8 Å². The molecular weight excluding hydrogens is 311 g/mol. The zero-order valence-electron chi connectivity index (χ0n) is 10.6. The number of hydrogen-bond donors (Lipinski definition) is 1. The van der Waals surface area contributed by atoms with Crippen LogP contribution in [0.1, 0.15) is 29.8 Å². The molecule has 0 aliphatic carbocycles. The minimum atomic E-state index is -4.41. The molecule has 0 aliphatic rings. The van der Waals surface area contributed by atoms with Crippen molar-refractivity contribution < 1.29 is 13.2 Å². The van der Waals surface area contributed by atoms with Crippen molar-refractivity contribution in [3.63, 3.8) is 0 Å². The molecule has 2 heterocycles. The molecule has 0 spiro atoms. The first-order chi connectivity index (χ1) is 9.32. The van der Waals surface area contributed by atoms with Gasteiger partial charge in [-0.25, -0.2) is 0 Å². The summed E-state index contributed by atoms with van der Waals surface area (Å²) in [5, 5.41) is 3.82. The van der Waals surface area contributed by atoms with Crippen LogP contribution in [0.4, 0.5) is 13.2 Å². The van der Waals surface area contributed by atoms with Crippen LogP contribution in [0.2, 0.25) is 4.34 Å². The molecule has 0 fully saturated rings. The van der Waals surface area contributed by atoms with E-state index in [4.69, 9.17) is 17.3 Å². The minimum absolute atomic E-state index is 0.342. The van der Waals surface area contributed by atoms with Gasteiger partial charge in [0.2, 0.25) is 0 Å². The normalized spacial score (nSPS) is 15.3. The van der Waals surface area contributed by atoms with Gasteiger partial charge in [0.05, 0.1) is 16.1 Å². The molecule has 110 valence electrons. The van der Waals surface area contributed by atoms with Crippen molar-refractivity contribution in [1.82, 2.24) is 9.78 Å². The number of halogens is 4. The molecule has 2 rings (SSSR count). The Labute approximate surface area is 123 Å². The van der Waals surface area contributed by atoms with E-state index in [-0.39, 0.29) is 6.04 Å². The van der Waals surface area contributed by atoms with Gasteiger partial charge in [-0.15, -0.1) is 11.3 Å². The van der Waals surface area contributed by atoms with Gasteiger partial charge in [0.25, 0.3) is 0 Å². The van der Waals surface area contributed by atoms with Gasteiger partial charge in [-0.05, 0) is 18.6 Å². The third-order valence-corrected chi connectivity index (χ3v) is 4.28. The summed E-state index contributed by atoms with van der Waals surface area (Å²) in [6.45, 7) is 1.88. The van der Waals surface area contributed by atoms with Crippen LogP contribution >= 0.6 is 22.9 Å². The summed E-state index contributed by atoms with van der Waals surface area (Å²) in [5.41, 5.74) is 5.25. The second-order valence-electron chi connectivity index (χ2n) is 4.37. The molecule has 2 aromatic rings. The molecular formula is C12H13ClF3N3S. The lowest BCUT2D eigenvalue weighted by Crippen LogP contribution is -2.32. The standard InChI is InChI=1S/C12H13ClF3N3S/c1-2-8(17)11(9-3-4-10(13)20-9)19-6-7(5-18-19)12(14,15)16/h3-6,8,11H,2,17H2,1H3. The van der Waals surface area contributed by atoms with Gasteiger partial charge in [-0.1, -0.05) is 18.5 Å². The summed E-state index contributed by atoms with van der Waals surface area (Å²) in [6, 6.07) is 2.67. The summed E-state index contributed by atoms with van der Waals surface area (Å²) in [6.07, 6.45) is -2.01. The quantitative estimate of drug-likeness (QED) is 0.926. The summed E-state index contributed by atoms with van der Waals surface area (Å²) < 4.78 is 39.8. The Kier molecular flexibility index (Phi) is 4.41. The van der Waals surface area contributed by atoms with Crippen molar-refractivity contribution in [2.75, 3.05) is 0 Å². The molecule has 0 radical (unpaired) electrons. The third-order valence-electron chi connectivity index (χ3n) is 2.98. The average molecular weight is 324 g/mol. The van der Waals surface area contributed by atoms with E-state index in [1.165, 1.54) is 16.0 Å². The van der Waals surface area contributed by atoms with Gasteiger partial charge in [0, 0.05) is 17.1 Å². The van der Waals surface area contributed by atoms with Gasteiger partial charge < -0.3 is 5.73 Å². The summed E-state index contributed by atoms with van der Waals surface area (Å²) in [4.78, 5) is 0.793. The van der Waals surface area contributed by atoms with Crippen LogP contribution < -0.4 is 5.73 Å². The van der Waals surface area contributed by atoms with E-state index < -0.39 is 17.8 Å². The Balaban J connectivity index is 2.39. The molecule has 2 N–H and O–H groups in total. The molecule has 2 aromatic heterocycles. The van der Waals surface area contributed by atoms with Crippen LogP contribution in [0, 0.1) is 0 Å². The molecule has 0 aromatic carbocycles. The van der Waals surface area contributed by atoms with Crippen molar-refractivity contribution in [2.24, 2.45) is 5.73 Å². The average Bonchev–Trinajstić information content (AvgIpc) is 2.98. The largest absolute Gasteiger partial charge is 0.419 e. The Bertz CT molecular complexity index is 579. The zero-order chi connectivity index (χ0) is 14.9. The predicted octanol–water partition coefficient (Wildman–Crippen LogP) is 3.94. The Hall–Kier alpha value is -1.05. The van der Waals surface area contributed by atoms with Crippen LogP contribution in [0.3, 0.4) is 0 Å². The zero-order valence-corrected chi connectivity index (χ0v) is 12.1. The number of rotatable bonds is 4. The fourth-order valence-corrected chi connectivity index (χ4v) is 3.12. The highest BCUT2D eigenvalue weighted by molar-refractivity contribution is 7.16. The Morgan fingerprint density at radius 1 is 1.45 bits per heavy atom. The molecule has 2 atom stereocenters. The van der Waals surface area contributed by atoms with Gasteiger partial charge in [0.15, 0.2) is 0 Å². The second kappa shape index (κ2) is 5.75. The van der Waals surface area contributed by atoms with E-state index in [1.807, 2.05) is 6.92 Å². The smallest absolute Gasteiger partial charge is 0.326 e. The van der Waals surface area contributed by atoms with Crippen LogP contribution in [0.15, 0.2) is 24.5 Å². The maximum atomic E-state index is 12.7. The van der Waals surface area contributed by atoms with E-state index in [0.717, 1.165) is 17.3 Å². The van der Waals surface area contributed by atoms with Crippen molar-refractivity contribution in [3.05, 3.63) is 39.3 Å². The molecule has 20 heavy (non-hydrogen) atoms. The lowest BCUT2D eigenvalue weighted by atomic mass is 10.1. The van der Waals surface area contributed by atoms with Gasteiger partial charge >= 0.3 is 6.18 Å². The molecule has 3 nitrogen and oxygen atoms in total. The highest BCUT2D eigenvalue weighted by atomic mass is 35.5. The second-order valence-corrected chi connectivity index (χ2v) is 6.11. The van der Waals surface area contributed by atoms with Crippen molar-refractivity contribution in [1.29, 1.82) is 0 Å². The highest BCUT2D eigenvalue weighted by Gasteiger charge is 2.34. The highest BCUT2D eigenvalue weighted by Crippen LogP contribution is 2.34. The van der Waals surface area contributed by atoms with Crippen molar-refractivity contribution in [2.45, 2.75) is 31.6 Å². The predicted molar refractivity (Wildman–Crippen MR) is 73.0 cm³/mol. The maximum Gasteiger partial charge on any atom is 0.419 e. The first-order valence-corrected chi connectivity index (χ1v) is 7.14. The van der Waals surface area contributed by atoms with Crippen molar-refractivity contribution >= 4 is 22.9 Å². The Morgan fingerprint density at radius 3 is 2.60 bits per heavy atom. The fourth-order valence-electron chi connectivity index (χ4n) is 1.88. The molecule has 0 aliphatic heterocycles. The first kappa shape index (κ1) is 15.3. The first-order valence-electron chi connectivity index (χ1n) is 5.95. The van der Waals surface area contributed by atoms with Crippen LogP contribution in [-0.2, 0) is 6.18 Å². The lowest BCUT2D eigenvalue weighted by Gasteiger charge is -2.22. The van der Waals surface area contributed by atoms with Crippen LogP contribution in [0.5, 0.6) is 0 Å². The number of aromatic nitrogens is 2.